The van der Waals surface area contributed by atoms with Crippen molar-refractivity contribution in [3.8, 4) is 0 Å². The van der Waals surface area contributed by atoms with Gasteiger partial charge in [-0.2, -0.15) is 0 Å². The zero-order valence-electron chi connectivity index (χ0n) is 12.4. The lowest BCUT2D eigenvalue weighted by Gasteiger charge is -2.16. The Morgan fingerprint density at radius 3 is 2.85 bits per heavy atom. The van der Waals surface area contributed by atoms with Crippen molar-refractivity contribution >= 4 is 12.0 Å². The number of nitrogens with zero attached hydrogens (tertiary/aromatic N) is 1. The summed E-state index contributed by atoms with van der Waals surface area (Å²) in [5.41, 5.74) is 4.91. The van der Waals surface area contributed by atoms with Gasteiger partial charge in [0.15, 0.2) is 0 Å². The van der Waals surface area contributed by atoms with Crippen LogP contribution in [0.2, 0.25) is 0 Å². The number of hydrogen-bond donors (Lipinski definition) is 1. The molecule has 3 nitrogen and oxygen atoms in total. The molecule has 0 fully saturated rings. The highest BCUT2D eigenvalue weighted by Gasteiger charge is 2.14. The number of aryl methyl sites for hydroxylation is 3. The van der Waals surface area contributed by atoms with E-state index in [0.29, 0.717) is 12.0 Å². The second-order valence-corrected chi connectivity index (χ2v) is 5.55. The van der Waals surface area contributed by atoms with Crippen LogP contribution in [0.4, 0.5) is 0 Å². The molecular weight excluding hydrogens is 250 g/mol. The molecule has 1 aliphatic rings. The van der Waals surface area contributed by atoms with E-state index in [0.717, 1.165) is 36.9 Å². The van der Waals surface area contributed by atoms with E-state index in [4.69, 9.17) is 0 Å². The first-order valence-corrected chi connectivity index (χ1v) is 7.55. The third kappa shape index (κ3) is 3.47. The molecule has 2 rings (SSSR count). The van der Waals surface area contributed by atoms with Crippen molar-refractivity contribution in [3.05, 3.63) is 34.2 Å². The average Bonchev–Trinajstić information content (AvgIpc) is 2.43. The predicted molar refractivity (Wildman–Crippen MR) is 80.8 cm³/mol. The van der Waals surface area contributed by atoms with Gasteiger partial charge in [-0.3, -0.25) is 4.98 Å². The normalized spacial score (nSPS) is 15.0. The van der Waals surface area contributed by atoms with Gasteiger partial charge in [-0.05, 0) is 68.7 Å². The van der Waals surface area contributed by atoms with E-state index < -0.39 is 5.97 Å². The quantitative estimate of drug-likeness (QED) is 0.827. The van der Waals surface area contributed by atoms with Crippen LogP contribution in [0.1, 0.15) is 61.5 Å². The Hall–Kier alpha value is -1.64. The van der Waals surface area contributed by atoms with Gasteiger partial charge >= 0.3 is 5.97 Å². The maximum absolute atomic E-state index is 11.3. The lowest BCUT2D eigenvalue weighted by atomic mass is 9.93. The lowest BCUT2D eigenvalue weighted by Crippen LogP contribution is -2.08. The Labute approximate surface area is 120 Å². The molecular formula is C17H23NO2. The van der Waals surface area contributed by atoms with Crippen molar-refractivity contribution in [2.45, 2.75) is 58.8 Å². The molecule has 0 saturated heterocycles. The van der Waals surface area contributed by atoms with Gasteiger partial charge in [-0.1, -0.05) is 13.3 Å². The van der Waals surface area contributed by atoms with E-state index >= 15 is 0 Å². The first-order valence-electron chi connectivity index (χ1n) is 7.55. The van der Waals surface area contributed by atoms with Crippen LogP contribution in [-0.2, 0) is 17.6 Å². The summed E-state index contributed by atoms with van der Waals surface area (Å²) in [6.07, 6.45) is 8.91. The SMILES string of the molecule is CCCC/C(=C\c1cc2c(nc1C)CCCC2)C(=O)O. The number of aromatic nitrogens is 1. The third-order valence-electron chi connectivity index (χ3n) is 3.93. The molecule has 0 radical (unpaired) electrons. The van der Waals surface area contributed by atoms with Gasteiger partial charge < -0.3 is 5.11 Å². The van der Waals surface area contributed by atoms with E-state index in [1.165, 1.54) is 24.1 Å². The topological polar surface area (TPSA) is 50.2 Å². The van der Waals surface area contributed by atoms with Crippen molar-refractivity contribution in [1.29, 1.82) is 0 Å². The van der Waals surface area contributed by atoms with Crippen molar-refractivity contribution in [2.75, 3.05) is 0 Å². The van der Waals surface area contributed by atoms with Gasteiger partial charge in [0.2, 0.25) is 0 Å². The van der Waals surface area contributed by atoms with Crippen LogP contribution in [0.5, 0.6) is 0 Å². The fourth-order valence-electron chi connectivity index (χ4n) is 2.70. The number of carboxylic acid groups (broad SMARTS) is 1. The summed E-state index contributed by atoms with van der Waals surface area (Å²) < 4.78 is 0. The smallest absolute Gasteiger partial charge is 0.331 e. The van der Waals surface area contributed by atoms with Crippen LogP contribution in [0.3, 0.4) is 0 Å². The van der Waals surface area contributed by atoms with Crippen LogP contribution in [0.15, 0.2) is 11.6 Å². The van der Waals surface area contributed by atoms with Gasteiger partial charge in [0, 0.05) is 17.0 Å². The molecule has 1 heterocycles. The summed E-state index contributed by atoms with van der Waals surface area (Å²) >= 11 is 0. The summed E-state index contributed by atoms with van der Waals surface area (Å²) in [5, 5.41) is 9.30. The molecule has 20 heavy (non-hydrogen) atoms. The molecule has 3 heteroatoms. The molecule has 1 N–H and O–H groups in total. The van der Waals surface area contributed by atoms with Crippen molar-refractivity contribution in [3.63, 3.8) is 0 Å². The molecule has 0 saturated carbocycles. The number of aliphatic carboxylic acids is 1. The summed E-state index contributed by atoms with van der Waals surface area (Å²) in [6, 6.07) is 2.14. The molecule has 0 unspecified atom stereocenters. The zero-order chi connectivity index (χ0) is 14.5. The minimum atomic E-state index is -0.810. The Bertz CT molecular complexity index is 532. The predicted octanol–water partition coefficient (Wildman–Crippen LogP) is 3.93. The number of carboxylic acids is 1. The third-order valence-corrected chi connectivity index (χ3v) is 3.93. The number of carbonyl (C=O) groups is 1. The Morgan fingerprint density at radius 2 is 2.15 bits per heavy atom. The molecule has 0 atom stereocenters. The van der Waals surface area contributed by atoms with E-state index in [9.17, 15) is 9.90 Å². The standard InChI is InChI=1S/C17H23NO2/c1-3-4-7-14(17(19)20)11-15-10-13-8-5-6-9-16(13)18-12(15)2/h10-11H,3-9H2,1-2H3,(H,19,20)/b14-11+. The minimum Gasteiger partial charge on any atom is -0.478 e. The molecule has 108 valence electrons. The molecule has 1 aromatic rings. The second-order valence-electron chi connectivity index (χ2n) is 5.55. The molecule has 0 bridgehead atoms. The molecule has 1 aliphatic carbocycles. The Morgan fingerprint density at radius 1 is 1.40 bits per heavy atom. The highest BCUT2D eigenvalue weighted by Crippen LogP contribution is 2.24. The average molecular weight is 273 g/mol. The number of fused-ring (bicyclic) bond motifs is 1. The number of unbranched alkanes of at least 4 members (excludes halogenated alkanes) is 1. The van der Waals surface area contributed by atoms with Crippen molar-refractivity contribution in [2.24, 2.45) is 0 Å². The van der Waals surface area contributed by atoms with Gasteiger partial charge in [-0.15, -0.1) is 0 Å². The summed E-state index contributed by atoms with van der Waals surface area (Å²) in [5.74, 6) is -0.810. The number of hydrogen-bond acceptors (Lipinski definition) is 2. The van der Waals surface area contributed by atoms with Crippen molar-refractivity contribution in [1.82, 2.24) is 4.98 Å². The fraction of sp³-hybridized carbons (Fsp3) is 0.529. The second kappa shape index (κ2) is 6.69. The Balaban J connectivity index is 2.33. The molecule has 0 amide bonds. The van der Waals surface area contributed by atoms with Gasteiger partial charge in [0.25, 0.3) is 0 Å². The lowest BCUT2D eigenvalue weighted by molar-refractivity contribution is -0.132. The molecule has 1 aromatic heterocycles. The van der Waals surface area contributed by atoms with Gasteiger partial charge in [-0.25, -0.2) is 4.79 Å². The number of pyridine rings is 1. The van der Waals surface area contributed by atoms with Crippen LogP contribution >= 0.6 is 0 Å². The highest BCUT2D eigenvalue weighted by atomic mass is 16.4. The summed E-state index contributed by atoms with van der Waals surface area (Å²) in [7, 11) is 0. The first kappa shape index (κ1) is 14.8. The molecule has 0 aromatic carbocycles. The minimum absolute atomic E-state index is 0.493. The summed E-state index contributed by atoms with van der Waals surface area (Å²) in [4.78, 5) is 16.0. The van der Waals surface area contributed by atoms with Crippen LogP contribution in [0.25, 0.3) is 6.08 Å². The Kier molecular flexibility index (Phi) is 4.94. The van der Waals surface area contributed by atoms with Crippen LogP contribution < -0.4 is 0 Å². The van der Waals surface area contributed by atoms with E-state index in [1.807, 2.05) is 13.0 Å². The molecule has 0 spiro atoms. The highest BCUT2D eigenvalue weighted by molar-refractivity contribution is 5.92. The van der Waals surface area contributed by atoms with E-state index in [1.54, 1.807) is 0 Å². The summed E-state index contributed by atoms with van der Waals surface area (Å²) in [6.45, 7) is 4.05. The number of rotatable bonds is 5. The molecule has 0 aliphatic heterocycles. The van der Waals surface area contributed by atoms with E-state index in [-0.39, 0.29) is 0 Å². The van der Waals surface area contributed by atoms with E-state index in [2.05, 4.69) is 18.0 Å². The van der Waals surface area contributed by atoms with Crippen LogP contribution in [0, 0.1) is 6.92 Å². The van der Waals surface area contributed by atoms with Gasteiger partial charge in [0.05, 0.1) is 0 Å². The van der Waals surface area contributed by atoms with Crippen LogP contribution in [-0.4, -0.2) is 16.1 Å². The maximum atomic E-state index is 11.3. The monoisotopic (exact) mass is 273 g/mol. The fourth-order valence-corrected chi connectivity index (χ4v) is 2.70. The van der Waals surface area contributed by atoms with Gasteiger partial charge in [0.1, 0.15) is 0 Å². The van der Waals surface area contributed by atoms with Crippen molar-refractivity contribution < 1.29 is 9.90 Å². The zero-order valence-corrected chi connectivity index (χ0v) is 12.4. The first-order chi connectivity index (χ1) is 9.61. The largest absolute Gasteiger partial charge is 0.478 e. The maximum Gasteiger partial charge on any atom is 0.331 e.